The number of benzene rings is 1. The Balaban J connectivity index is 0.00000400. The molecule has 21 heavy (non-hydrogen) atoms. The minimum Gasteiger partial charge on any atom is -0.467 e. The summed E-state index contributed by atoms with van der Waals surface area (Å²) in [5.74, 6) is -0.978. The van der Waals surface area contributed by atoms with Gasteiger partial charge in [0.05, 0.1) is 13.7 Å². The number of amides is 1. The number of hydrogen-bond acceptors (Lipinski definition) is 5. The zero-order chi connectivity index (χ0) is 15.3. The fourth-order valence-corrected chi connectivity index (χ4v) is 1.86. The summed E-state index contributed by atoms with van der Waals surface area (Å²) in [5.41, 5.74) is 6.08. The van der Waals surface area contributed by atoms with Crippen molar-refractivity contribution in [1.82, 2.24) is 5.32 Å². The lowest BCUT2D eigenvalue weighted by Crippen LogP contribution is -2.56. The van der Waals surface area contributed by atoms with Gasteiger partial charge in [0.1, 0.15) is 0 Å². The lowest BCUT2D eigenvalue weighted by molar-refractivity contribution is -0.149. The molecule has 1 amide bonds. The number of rotatable bonds is 5. The first-order valence-electron chi connectivity index (χ1n) is 6.10. The minimum absolute atomic E-state index is 0. The van der Waals surface area contributed by atoms with E-state index in [-0.39, 0.29) is 19.0 Å². The molecule has 0 saturated heterocycles. The molecule has 0 aliphatic rings. The highest BCUT2D eigenvalue weighted by Gasteiger charge is 2.36. The first-order chi connectivity index (χ1) is 9.34. The Morgan fingerprint density at radius 3 is 2.48 bits per heavy atom. The first kappa shape index (κ1) is 19.2. The Morgan fingerprint density at radius 1 is 1.33 bits per heavy atom. The Bertz CT molecular complexity index is 522. The number of carbonyl (C=O) groups excluding carboxylic acids is 2. The summed E-state index contributed by atoms with van der Waals surface area (Å²) in [5, 5.41) is 2.64. The molecule has 1 unspecified atom stereocenters. The van der Waals surface area contributed by atoms with Gasteiger partial charge in [0.15, 0.2) is 5.54 Å². The van der Waals surface area contributed by atoms with Crippen LogP contribution in [0.25, 0.3) is 0 Å². The van der Waals surface area contributed by atoms with E-state index in [9.17, 15) is 9.59 Å². The second-order valence-electron chi connectivity index (χ2n) is 4.79. The lowest BCUT2D eigenvalue weighted by Gasteiger charge is -2.27. The molecule has 0 aliphatic heterocycles. The third-order valence-corrected chi connectivity index (χ3v) is 2.96. The molecular formula is C14H21ClN2O4. The van der Waals surface area contributed by atoms with Crippen LogP contribution in [-0.4, -0.2) is 38.2 Å². The molecule has 0 fully saturated rings. The van der Waals surface area contributed by atoms with Crippen molar-refractivity contribution >= 4 is 30.0 Å². The maximum absolute atomic E-state index is 12.3. The van der Waals surface area contributed by atoms with Crippen LogP contribution in [0, 0.1) is 6.92 Å². The van der Waals surface area contributed by atoms with E-state index >= 15 is 0 Å². The highest BCUT2D eigenvalue weighted by molar-refractivity contribution is 5.99. The molecule has 118 valence electrons. The maximum Gasteiger partial charge on any atom is 0.333 e. The number of nitrogen functional groups attached to an aromatic ring is 1. The van der Waals surface area contributed by atoms with Crippen molar-refractivity contribution in [2.24, 2.45) is 0 Å². The van der Waals surface area contributed by atoms with E-state index in [1.807, 2.05) is 0 Å². The molecule has 0 radical (unpaired) electrons. The van der Waals surface area contributed by atoms with Crippen molar-refractivity contribution in [3.63, 3.8) is 0 Å². The predicted molar refractivity (Wildman–Crippen MR) is 82.6 cm³/mol. The quantitative estimate of drug-likeness (QED) is 0.631. The summed E-state index contributed by atoms with van der Waals surface area (Å²) in [7, 11) is 2.70. The SMILES string of the molecule is COCC(C)(NC(=O)c1cc(N)ccc1C)C(=O)OC.Cl. The molecule has 0 aliphatic carbocycles. The van der Waals surface area contributed by atoms with E-state index in [4.69, 9.17) is 15.2 Å². The third-order valence-electron chi connectivity index (χ3n) is 2.96. The standard InChI is InChI=1S/C14H20N2O4.ClH/c1-9-5-6-10(15)7-11(9)12(17)16-14(2,8-19-3)13(18)20-4;/h5-7H,8,15H2,1-4H3,(H,16,17);1H. The highest BCUT2D eigenvalue weighted by atomic mass is 35.5. The number of ether oxygens (including phenoxy) is 2. The molecule has 0 spiro atoms. The van der Waals surface area contributed by atoms with Crippen molar-refractivity contribution in [3.05, 3.63) is 29.3 Å². The largest absolute Gasteiger partial charge is 0.467 e. The van der Waals surface area contributed by atoms with Crippen molar-refractivity contribution in [2.45, 2.75) is 19.4 Å². The van der Waals surface area contributed by atoms with Crippen molar-refractivity contribution in [2.75, 3.05) is 26.6 Å². The van der Waals surface area contributed by atoms with E-state index in [0.29, 0.717) is 11.3 Å². The second kappa shape index (κ2) is 7.85. The van der Waals surface area contributed by atoms with Gasteiger partial charge >= 0.3 is 5.97 Å². The Kier molecular flexibility index (Phi) is 7.18. The van der Waals surface area contributed by atoms with Gasteiger partial charge in [0.2, 0.25) is 0 Å². The summed E-state index contributed by atoms with van der Waals surface area (Å²) in [6.07, 6.45) is 0. The first-order valence-corrected chi connectivity index (χ1v) is 6.10. The zero-order valence-corrected chi connectivity index (χ0v) is 13.4. The van der Waals surface area contributed by atoms with Crippen LogP contribution in [0.3, 0.4) is 0 Å². The van der Waals surface area contributed by atoms with Crippen LogP contribution in [0.2, 0.25) is 0 Å². The number of esters is 1. The average Bonchev–Trinajstić information content (AvgIpc) is 2.40. The summed E-state index contributed by atoms with van der Waals surface area (Å²) >= 11 is 0. The molecule has 0 heterocycles. The van der Waals surface area contributed by atoms with Crippen molar-refractivity contribution in [3.8, 4) is 0 Å². The zero-order valence-electron chi connectivity index (χ0n) is 12.6. The maximum atomic E-state index is 12.3. The predicted octanol–water partition coefficient (Wildman–Crippen LogP) is 1.31. The third kappa shape index (κ3) is 4.61. The molecule has 1 rings (SSSR count). The molecule has 1 atom stereocenters. The monoisotopic (exact) mass is 316 g/mol. The van der Waals surface area contributed by atoms with Gasteiger partial charge in [-0.2, -0.15) is 0 Å². The van der Waals surface area contributed by atoms with Gasteiger partial charge < -0.3 is 20.5 Å². The number of nitrogens with one attached hydrogen (secondary N) is 1. The molecule has 3 N–H and O–H groups in total. The van der Waals surface area contributed by atoms with E-state index < -0.39 is 17.4 Å². The van der Waals surface area contributed by atoms with Crippen LogP contribution >= 0.6 is 12.4 Å². The number of anilines is 1. The molecule has 1 aromatic carbocycles. The van der Waals surface area contributed by atoms with Gasteiger partial charge in [-0.3, -0.25) is 4.79 Å². The fraction of sp³-hybridized carbons (Fsp3) is 0.429. The smallest absolute Gasteiger partial charge is 0.333 e. The van der Waals surface area contributed by atoms with E-state index in [1.54, 1.807) is 32.0 Å². The fourth-order valence-electron chi connectivity index (χ4n) is 1.86. The van der Waals surface area contributed by atoms with Crippen LogP contribution < -0.4 is 11.1 Å². The normalized spacial score (nSPS) is 12.8. The molecular weight excluding hydrogens is 296 g/mol. The number of carbonyl (C=O) groups is 2. The van der Waals surface area contributed by atoms with Crippen LogP contribution in [0.15, 0.2) is 18.2 Å². The average molecular weight is 317 g/mol. The lowest BCUT2D eigenvalue weighted by atomic mass is 10.0. The number of nitrogens with two attached hydrogens (primary N) is 1. The van der Waals surface area contributed by atoms with Gasteiger partial charge in [0.25, 0.3) is 5.91 Å². The Labute approximate surface area is 130 Å². The topological polar surface area (TPSA) is 90.6 Å². The summed E-state index contributed by atoms with van der Waals surface area (Å²) in [4.78, 5) is 24.1. The molecule has 0 bridgehead atoms. The van der Waals surface area contributed by atoms with Gasteiger partial charge in [-0.05, 0) is 31.5 Å². The van der Waals surface area contributed by atoms with Crippen molar-refractivity contribution < 1.29 is 19.1 Å². The van der Waals surface area contributed by atoms with Gasteiger partial charge in [-0.25, -0.2) is 4.79 Å². The van der Waals surface area contributed by atoms with Crippen LogP contribution in [0.5, 0.6) is 0 Å². The minimum atomic E-state index is -1.25. The van der Waals surface area contributed by atoms with E-state index in [0.717, 1.165) is 5.56 Å². The van der Waals surface area contributed by atoms with Crippen LogP contribution in [0.4, 0.5) is 5.69 Å². The Hall–Kier alpha value is -1.79. The highest BCUT2D eigenvalue weighted by Crippen LogP contribution is 2.15. The summed E-state index contributed by atoms with van der Waals surface area (Å²) in [6, 6.07) is 5.02. The molecule has 7 heteroatoms. The molecule has 1 aromatic rings. The van der Waals surface area contributed by atoms with E-state index in [1.165, 1.54) is 14.2 Å². The summed E-state index contributed by atoms with van der Waals surface area (Å²) < 4.78 is 9.68. The van der Waals surface area contributed by atoms with Crippen LogP contribution in [-0.2, 0) is 14.3 Å². The molecule has 0 aromatic heterocycles. The van der Waals surface area contributed by atoms with Crippen LogP contribution in [0.1, 0.15) is 22.8 Å². The summed E-state index contributed by atoms with van der Waals surface area (Å²) in [6.45, 7) is 3.34. The van der Waals surface area contributed by atoms with Crippen molar-refractivity contribution in [1.29, 1.82) is 0 Å². The molecule has 6 nitrogen and oxygen atoms in total. The Morgan fingerprint density at radius 2 is 1.95 bits per heavy atom. The number of aryl methyl sites for hydroxylation is 1. The second-order valence-corrected chi connectivity index (χ2v) is 4.79. The van der Waals surface area contributed by atoms with Gasteiger partial charge in [-0.15, -0.1) is 12.4 Å². The number of methoxy groups -OCH3 is 2. The van der Waals surface area contributed by atoms with E-state index in [2.05, 4.69) is 5.32 Å². The number of hydrogen-bond donors (Lipinski definition) is 2. The van der Waals surface area contributed by atoms with Gasteiger partial charge in [-0.1, -0.05) is 6.07 Å². The van der Waals surface area contributed by atoms with Gasteiger partial charge in [0, 0.05) is 18.4 Å². The number of halogens is 1. The molecule has 0 saturated carbocycles.